The molecule has 0 saturated heterocycles. The summed E-state index contributed by atoms with van der Waals surface area (Å²) in [4.78, 5) is 22.3. The molecule has 0 heterocycles. The number of phenols is 1. The molecule has 6 nitrogen and oxygen atoms in total. The van der Waals surface area contributed by atoms with Gasteiger partial charge >= 0.3 is 5.97 Å². The summed E-state index contributed by atoms with van der Waals surface area (Å²) in [6.07, 6.45) is 0. The van der Waals surface area contributed by atoms with Gasteiger partial charge in [0.05, 0.1) is 12.7 Å². The van der Waals surface area contributed by atoms with Gasteiger partial charge in [0.1, 0.15) is 12.3 Å². The molecule has 4 N–H and O–H groups in total. The molecular formula is C10H12N2O4. The summed E-state index contributed by atoms with van der Waals surface area (Å²) in [5.74, 6) is -1.18. The predicted octanol–water partition coefficient (Wildman–Crippen LogP) is -0.123. The van der Waals surface area contributed by atoms with Crippen molar-refractivity contribution in [2.45, 2.75) is 0 Å². The molecule has 1 rings (SSSR count). The highest BCUT2D eigenvalue weighted by Crippen LogP contribution is 2.17. The minimum Gasteiger partial charge on any atom is -0.508 e. The van der Waals surface area contributed by atoms with Crippen LogP contribution in [-0.4, -0.2) is 30.6 Å². The molecule has 16 heavy (non-hydrogen) atoms. The Bertz CT molecular complexity index is 417. The van der Waals surface area contributed by atoms with Crippen LogP contribution in [0.5, 0.6) is 5.75 Å². The van der Waals surface area contributed by atoms with E-state index in [4.69, 9.17) is 5.73 Å². The molecule has 0 aliphatic heterocycles. The van der Waals surface area contributed by atoms with Crippen LogP contribution in [0, 0.1) is 0 Å². The number of nitrogens with one attached hydrogen (secondary N) is 1. The molecule has 0 radical (unpaired) electrons. The van der Waals surface area contributed by atoms with Crippen molar-refractivity contribution < 1.29 is 19.4 Å². The first-order valence-corrected chi connectivity index (χ1v) is 4.48. The Balaban J connectivity index is 2.73. The lowest BCUT2D eigenvalue weighted by Gasteiger charge is -2.06. The van der Waals surface area contributed by atoms with E-state index >= 15 is 0 Å². The summed E-state index contributed by atoms with van der Waals surface area (Å²) in [7, 11) is 1.22. The first-order chi connectivity index (χ1) is 7.54. The first-order valence-electron chi connectivity index (χ1n) is 4.48. The smallest absolute Gasteiger partial charge is 0.325 e. The third-order valence-electron chi connectivity index (χ3n) is 1.90. The van der Waals surface area contributed by atoms with Crippen molar-refractivity contribution in [3.8, 4) is 5.75 Å². The second kappa shape index (κ2) is 5.01. The van der Waals surface area contributed by atoms with Crippen LogP contribution in [-0.2, 0) is 9.53 Å². The number of amides is 1. The van der Waals surface area contributed by atoms with Gasteiger partial charge in [0.2, 0.25) is 0 Å². The second-order valence-corrected chi connectivity index (χ2v) is 3.03. The molecule has 0 spiro atoms. The lowest BCUT2D eigenvalue weighted by molar-refractivity contribution is -0.139. The highest BCUT2D eigenvalue weighted by Gasteiger charge is 2.11. The van der Waals surface area contributed by atoms with E-state index in [-0.39, 0.29) is 23.5 Å². The minimum absolute atomic E-state index is 0.0718. The zero-order chi connectivity index (χ0) is 12.1. The van der Waals surface area contributed by atoms with Gasteiger partial charge in [0.25, 0.3) is 5.91 Å². The Morgan fingerprint density at radius 2 is 2.19 bits per heavy atom. The third kappa shape index (κ3) is 2.88. The van der Waals surface area contributed by atoms with Gasteiger partial charge in [-0.15, -0.1) is 0 Å². The summed E-state index contributed by atoms with van der Waals surface area (Å²) >= 11 is 0. The summed E-state index contributed by atoms with van der Waals surface area (Å²) < 4.78 is 4.36. The number of benzene rings is 1. The molecule has 1 aromatic carbocycles. The Hall–Kier alpha value is -2.24. The molecule has 0 bridgehead atoms. The molecule has 1 aromatic rings. The molecule has 0 atom stereocenters. The third-order valence-corrected chi connectivity index (χ3v) is 1.90. The molecule has 0 fully saturated rings. The van der Waals surface area contributed by atoms with E-state index in [1.54, 1.807) is 0 Å². The number of rotatable bonds is 3. The largest absolute Gasteiger partial charge is 0.508 e. The van der Waals surface area contributed by atoms with Crippen molar-refractivity contribution in [2.24, 2.45) is 0 Å². The number of carbonyl (C=O) groups excluding carboxylic acids is 2. The van der Waals surface area contributed by atoms with Crippen LogP contribution < -0.4 is 11.1 Å². The SMILES string of the molecule is COC(=O)CNC(=O)c1cc(O)ccc1N. The average molecular weight is 224 g/mol. The summed E-state index contributed by atoms with van der Waals surface area (Å²) in [6.45, 7) is -0.246. The maximum atomic E-state index is 11.5. The van der Waals surface area contributed by atoms with E-state index in [0.717, 1.165) is 0 Å². The van der Waals surface area contributed by atoms with Crippen LogP contribution in [0.25, 0.3) is 0 Å². The van der Waals surface area contributed by atoms with Crippen molar-refractivity contribution in [1.82, 2.24) is 5.32 Å². The molecular weight excluding hydrogens is 212 g/mol. The number of carbonyl (C=O) groups is 2. The highest BCUT2D eigenvalue weighted by molar-refractivity contribution is 6.00. The zero-order valence-electron chi connectivity index (χ0n) is 8.69. The second-order valence-electron chi connectivity index (χ2n) is 3.03. The normalized spacial score (nSPS) is 9.56. The Morgan fingerprint density at radius 1 is 1.50 bits per heavy atom. The van der Waals surface area contributed by atoms with Gasteiger partial charge in [-0.2, -0.15) is 0 Å². The molecule has 0 aromatic heterocycles. The van der Waals surface area contributed by atoms with Gasteiger partial charge in [0, 0.05) is 5.69 Å². The van der Waals surface area contributed by atoms with Crippen LogP contribution in [0.2, 0.25) is 0 Å². The fourth-order valence-corrected chi connectivity index (χ4v) is 1.06. The molecule has 0 saturated carbocycles. The number of anilines is 1. The van der Waals surface area contributed by atoms with Crippen molar-refractivity contribution in [3.63, 3.8) is 0 Å². The van der Waals surface area contributed by atoms with Gasteiger partial charge in [-0.3, -0.25) is 9.59 Å². The van der Waals surface area contributed by atoms with Crippen LogP contribution in [0.1, 0.15) is 10.4 Å². The van der Waals surface area contributed by atoms with Crippen LogP contribution in [0.3, 0.4) is 0 Å². The van der Waals surface area contributed by atoms with E-state index in [9.17, 15) is 14.7 Å². The summed E-state index contributed by atoms with van der Waals surface area (Å²) in [5.41, 5.74) is 5.88. The lowest BCUT2D eigenvalue weighted by atomic mass is 10.1. The number of nitrogen functional groups attached to an aromatic ring is 1. The van der Waals surface area contributed by atoms with E-state index in [0.29, 0.717) is 0 Å². The van der Waals surface area contributed by atoms with E-state index in [1.165, 1.54) is 25.3 Å². The monoisotopic (exact) mass is 224 g/mol. The number of esters is 1. The topological polar surface area (TPSA) is 102 Å². The van der Waals surface area contributed by atoms with E-state index < -0.39 is 11.9 Å². The molecule has 0 unspecified atom stereocenters. The van der Waals surface area contributed by atoms with E-state index in [1.807, 2.05) is 0 Å². The van der Waals surface area contributed by atoms with Crippen LogP contribution >= 0.6 is 0 Å². The van der Waals surface area contributed by atoms with Crippen molar-refractivity contribution >= 4 is 17.6 Å². The number of nitrogens with two attached hydrogens (primary N) is 1. The van der Waals surface area contributed by atoms with Crippen LogP contribution in [0.4, 0.5) is 5.69 Å². The highest BCUT2D eigenvalue weighted by atomic mass is 16.5. The maximum Gasteiger partial charge on any atom is 0.325 e. The fraction of sp³-hybridized carbons (Fsp3) is 0.200. The molecule has 86 valence electrons. The number of aromatic hydroxyl groups is 1. The Morgan fingerprint density at radius 3 is 2.81 bits per heavy atom. The van der Waals surface area contributed by atoms with Gasteiger partial charge in [-0.05, 0) is 18.2 Å². The lowest BCUT2D eigenvalue weighted by Crippen LogP contribution is -2.30. The van der Waals surface area contributed by atoms with Crippen molar-refractivity contribution in [3.05, 3.63) is 23.8 Å². The average Bonchev–Trinajstić information content (AvgIpc) is 2.28. The van der Waals surface area contributed by atoms with E-state index in [2.05, 4.69) is 10.1 Å². The zero-order valence-corrected chi connectivity index (χ0v) is 8.69. The molecule has 0 aliphatic carbocycles. The molecule has 1 amide bonds. The van der Waals surface area contributed by atoms with Gasteiger partial charge in [-0.1, -0.05) is 0 Å². The molecule has 0 aliphatic rings. The summed E-state index contributed by atoms with van der Waals surface area (Å²) in [6, 6.07) is 4.00. The predicted molar refractivity (Wildman–Crippen MR) is 56.9 cm³/mol. The van der Waals surface area contributed by atoms with Gasteiger partial charge in [-0.25, -0.2) is 0 Å². The first kappa shape index (κ1) is 11.8. The number of phenolic OH excluding ortho intramolecular Hbond substituents is 1. The van der Waals surface area contributed by atoms with Crippen molar-refractivity contribution in [2.75, 3.05) is 19.4 Å². The number of hydrogen-bond donors (Lipinski definition) is 3. The molecule has 6 heteroatoms. The quantitative estimate of drug-likeness (QED) is 0.377. The Labute approximate surface area is 92.0 Å². The Kier molecular flexibility index (Phi) is 3.71. The standard InChI is InChI=1S/C10H12N2O4/c1-16-9(14)5-12-10(15)7-4-6(13)2-3-8(7)11/h2-4,13H,5,11H2,1H3,(H,12,15). The van der Waals surface area contributed by atoms with Gasteiger partial charge < -0.3 is 20.9 Å². The minimum atomic E-state index is -0.563. The summed E-state index contributed by atoms with van der Waals surface area (Å²) in [5, 5.41) is 11.5. The van der Waals surface area contributed by atoms with Crippen LogP contribution in [0.15, 0.2) is 18.2 Å². The fourth-order valence-electron chi connectivity index (χ4n) is 1.06. The number of methoxy groups -OCH3 is 1. The van der Waals surface area contributed by atoms with Gasteiger partial charge in [0.15, 0.2) is 0 Å². The van der Waals surface area contributed by atoms with Crippen molar-refractivity contribution in [1.29, 1.82) is 0 Å². The maximum absolute atomic E-state index is 11.5. The number of hydrogen-bond acceptors (Lipinski definition) is 5. The number of ether oxygens (including phenoxy) is 1.